The van der Waals surface area contributed by atoms with Gasteiger partial charge in [-0.1, -0.05) is 13.8 Å². The van der Waals surface area contributed by atoms with E-state index in [4.69, 9.17) is 9.47 Å². The van der Waals surface area contributed by atoms with Crippen molar-refractivity contribution in [3.8, 4) is 0 Å². The molecule has 94 valence electrons. The Balaban J connectivity index is 1.86. The van der Waals surface area contributed by atoms with Crippen LogP contribution in [0.5, 0.6) is 0 Å². The van der Waals surface area contributed by atoms with Crippen molar-refractivity contribution in [3.05, 3.63) is 0 Å². The number of hydrogen-bond donors (Lipinski definition) is 0. The van der Waals surface area contributed by atoms with Gasteiger partial charge in [0.1, 0.15) is 11.7 Å². The first-order valence-electron chi connectivity index (χ1n) is 6.37. The van der Waals surface area contributed by atoms with Gasteiger partial charge in [0.15, 0.2) is 0 Å². The van der Waals surface area contributed by atoms with Crippen molar-refractivity contribution in [1.29, 1.82) is 0 Å². The summed E-state index contributed by atoms with van der Waals surface area (Å²) in [5.41, 5.74) is -0.581. The van der Waals surface area contributed by atoms with Crippen LogP contribution in [0.15, 0.2) is 0 Å². The Labute approximate surface area is 101 Å². The van der Waals surface area contributed by atoms with Gasteiger partial charge in [-0.05, 0) is 19.8 Å². The molecule has 2 heterocycles. The van der Waals surface area contributed by atoms with Crippen LogP contribution < -0.4 is 0 Å². The van der Waals surface area contributed by atoms with Crippen molar-refractivity contribution in [2.45, 2.75) is 45.3 Å². The van der Waals surface area contributed by atoms with Crippen molar-refractivity contribution >= 4 is 11.9 Å². The fourth-order valence-electron chi connectivity index (χ4n) is 3.79. The normalized spacial score (nSPS) is 46.5. The Morgan fingerprint density at radius 2 is 2.18 bits per heavy atom. The Morgan fingerprint density at radius 1 is 1.47 bits per heavy atom. The maximum absolute atomic E-state index is 11.8. The summed E-state index contributed by atoms with van der Waals surface area (Å²) in [5.74, 6) is 0.0952. The first-order chi connectivity index (χ1) is 7.93. The van der Waals surface area contributed by atoms with E-state index in [2.05, 4.69) is 0 Å². The highest BCUT2D eigenvalue weighted by atomic mass is 16.6. The van der Waals surface area contributed by atoms with Crippen molar-refractivity contribution in [1.82, 2.24) is 0 Å². The maximum atomic E-state index is 11.8. The number of rotatable bonds is 2. The zero-order chi connectivity index (χ0) is 12.4. The molecular formula is C13H18O4. The largest absolute Gasteiger partial charge is 0.458 e. The maximum Gasteiger partial charge on any atom is 0.309 e. The molecule has 2 aliphatic heterocycles. The first-order valence-corrected chi connectivity index (χ1v) is 6.37. The van der Waals surface area contributed by atoms with Crippen LogP contribution in [0.2, 0.25) is 0 Å². The number of hydrogen-bond acceptors (Lipinski definition) is 4. The van der Waals surface area contributed by atoms with Crippen LogP contribution in [0, 0.1) is 23.7 Å². The third-order valence-electron chi connectivity index (χ3n) is 4.67. The van der Waals surface area contributed by atoms with Crippen LogP contribution in [-0.2, 0) is 19.1 Å². The Bertz CT molecular complexity index is 385. The summed E-state index contributed by atoms with van der Waals surface area (Å²) in [5, 5.41) is 0. The van der Waals surface area contributed by atoms with E-state index >= 15 is 0 Å². The molecule has 0 spiro atoms. The van der Waals surface area contributed by atoms with E-state index < -0.39 is 5.60 Å². The summed E-state index contributed by atoms with van der Waals surface area (Å²) < 4.78 is 11.1. The summed E-state index contributed by atoms with van der Waals surface area (Å²) in [4.78, 5) is 23.4. The molecule has 0 aromatic rings. The molecule has 0 radical (unpaired) electrons. The van der Waals surface area contributed by atoms with E-state index in [0.717, 1.165) is 12.8 Å². The summed E-state index contributed by atoms with van der Waals surface area (Å²) in [7, 11) is 0. The molecule has 2 saturated heterocycles. The Morgan fingerprint density at radius 3 is 2.76 bits per heavy atom. The second-order valence-electron chi connectivity index (χ2n) is 6.06. The predicted molar refractivity (Wildman–Crippen MR) is 58.9 cm³/mol. The lowest BCUT2D eigenvalue weighted by atomic mass is 9.73. The molecule has 0 amide bonds. The van der Waals surface area contributed by atoms with Gasteiger partial charge in [0.25, 0.3) is 0 Å². The van der Waals surface area contributed by atoms with Crippen LogP contribution in [0.25, 0.3) is 0 Å². The number of esters is 2. The minimum Gasteiger partial charge on any atom is -0.458 e. The molecule has 5 unspecified atom stereocenters. The monoisotopic (exact) mass is 238 g/mol. The number of carbonyl (C=O) groups excluding carboxylic acids is 2. The van der Waals surface area contributed by atoms with E-state index in [1.807, 2.05) is 20.8 Å². The smallest absolute Gasteiger partial charge is 0.309 e. The van der Waals surface area contributed by atoms with Gasteiger partial charge in [-0.25, -0.2) is 0 Å². The molecule has 0 aromatic carbocycles. The fourth-order valence-corrected chi connectivity index (χ4v) is 3.79. The molecule has 4 bridgehead atoms. The summed E-state index contributed by atoms with van der Waals surface area (Å²) in [6, 6.07) is 0. The van der Waals surface area contributed by atoms with Gasteiger partial charge in [0.2, 0.25) is 0 Å². The Hall–Kier alpha value is -1.06. The summed E-state index contributed by atoms with van der Waals surface area (Å²) >= 11 is 0. The van der Waals surface area contributed by atoms with Gasteiger partial charge < -0.3 is 9.47 Å². The van der Waals surface area contributed by atoms with E-state index in [9.17, 15) is 9.59 Å². The molecule has 4 nitrogen and oxygen atoms in total. The fraction of sp³-hybridized carbons (Fsp3) is 0.846. The van der Waals surface area contributed by atoms with Gasteiger partial charge in [0.05, 0.1) is 11.8 Å². The highest BCUT2D eigenvalue weighted by Gasteiger charge is 2.69. The molecule has 0 N–H and O–H groups in total. The van der Waals surface area contributed by atoms with Crippen molar-refractivity contribution < 1.29 is 19.1 Å². The topological polar surface area (TPSA) is 52.6 Å². The molecular weight excluding hydrogens is 220 g/mol. The van der Waals surface area contributed by atoms with Crippen molar-refractivity contribution in [2.75, 3.05) is 0 Å². The number of ether oxygens (including phenoxy) is 2. The van der Waals surface area contributed by atoms with E-state index in [1.165, 1.54) is 0 Å². The molecule has 4 aliphatic rings. The van der Waals surface area contributed by atoms with Gasteiger partial charge in [0, 0.05) is 11.8 Å². The van der Waals surface area contributed by atoms with E-state index in [-0.39, 0.29) is 35.8 Å². The first kappa shape index (κ1) is 11.1. The van der Waals surface area contributed by atoms with Gasteiger partial charge in [-0.15, -0.1) is 0 Å². The molecule has 17 heavy (non-hydrogen) atoms. The van der Waals surface area contributed by atoms with Crippen LogP contribution in [-0.4, -0.2) is 23.6 Å². The second-order valence-corrected chi connectivity index (χ2v) is 6.06. The average molecular weight is 238 g/mol. The minimum absolute atomic E-state index is 0.0463. The highest BCUT2D eigenvalue weighted by molar-refractivity contribution is 5.77. The summed E-state index contributed by atoms with van der Waals surface area (Å²) in [6.07, 6.45) is 1.67. The standard InChI is InChI=1S/C13H18O4/c1-6(2)11(14)17-13(3)9-5-7-4-8(9)12(15)16-10(7)13/h6-10H,4-5H2,1-3H3. The highest BCUT2D eigenvalue weighted by Crippen LogP contribution is 2.60. The number of carbonyl (C=O) groups is 2. The van der Waals surface area contributed by atoms with E-state index in [1.54, 1.807) is 0 Å². The van der Waals surface area contributed by atoms with Crippen LogP contribution in [0.1, 0.15) is 33.6 Å². The molecule has 4 rings (SSSR count). The molecule has 2 aliphatic carbocycles. The lowest BCUT2D eigenvalue weighted by molar-refractivity contribution is -0.222. The molecule has 2 saturated carbocycles. The van der Waals surface area contributed by atoms with Crippen LogP contribution in [0.4, 0.5) is 0 Å². The van der Waals surface area contributed by atoms with Gasteiger partial charge in [-0.3, -0.25) is 9.59 Å². The van der Waals surface area contributed by atoms with Crippen LogP contribution >= 0.6 is 0 Å². The third-order valence-corrected chi connectivity index (χ3v) is 4.67. The molecule has 5 atom stereocenters. The molecule has 0 aromatic heterocycles. The molecule has 4 fully saturated rings. The van der Waals surface area contributed by atoms with Gasteiger partial charge >= 0.3 is 11.9 Å². The zero-order valence-electron chi connectivity index (χ0n) is 10.4. The van der Waals surface area contributed by atoms with Crippen LogP contribution in [0.3, 0.4) is 0 Å². The Kier molecular flexibility index (Phi) is 2.11. The predicted octanol–water partition coefficient (Wildman–Crippen LogP) is 1.53. The van der Waals surface area contributed by atoms with E-state index in [0.29, 0.717) is 5.92 Å². The SMILES string of the molecule is CC(C)C(=O)OC1(C)C2CC3CC2C(=O)OC31. The lowest BCUT2D eigenvalue weighted by Crippen LogP contribution is -2.59. The second kappa shape index (κ2) is 3.24. The number of fused-ring (bicyclic) bond motifs is 1. The summed E-state index contributed by atoms with van der Waals surface area (Å²) in [6.45, 7) is 5.58. The van der Waals surface area contributed by atoms with Crippen molar-refractivity contribution in [2.24, 2.45) is 23.7 Å². The zero-order valence-corrected chi connectivity index (χ0v) is 10.4. The molecule has 4 heteroatoms. The quantitative estimate of drug-likeness (QED) is 0.684. The average Bonchev–Trinajstić information content (AvgIpc) is 2.73. The minimum atomic E-state index is -0.581. The third kappa shape index (κ3) is 1.30. The van der Waals surface area contributed by atoms with Gasteiger partial charge in [-0.2, -0.15) is 0 Å². The van der Waals surface area contributed by atoms with Crippen molar-refractivity contribution in [3.63, 3.8) is 0 Å². The lowest BCUT2D eigenvalue weighted by Gasteiger charge is -2.47.